The Balaban J connectivity index is 1.43. The third-order valence-electron chi connectivity index (χ3n) is 6.50. The van der Waals surface area contributed by atoms with Gasteiger partial charge in [-0.3, -0.25) is 9.59 Å². The highest BCUT2D eigenvalue weighted by Gasteiger charge is 2.32. The summed E-state index contributed by atoms with van der Waals surface area (Å²) in [6.07, 6.45) is 1.56. The Morgan fingerprint density at radius 1 is 1.00 bits per heavy atom. The molecule has 3 N–H and O–H groups in total. The van der Waals surface area contributed by atoms with Crippen molar-refractivity contribution in [1.29, 1.82) is 0 Å². The first-order chi connectivity index (χ1) is 20.3. The molecule has 42 heavy (non-hydrogen) atoms. The van der Waals surface area contributed by atoms with Gasteiger partial charge >= 0.3 is 0 Å². The lowest BCUT2D eigenvalue weighted by atomic mass is 10.0. The molecule has 10 nitrogen and oxygen atoms in total. The number of anilines is 2. The Morgan fingerprint density at radius 3 is 2.57 bits per heavy atom. The van der Waals surface area contributed by atoms with Gasteiger partial charge in [0.1, 0.15) is 22.9 Å². The van der Waals surface area contributed by atoms with Gasteiger partial charge in [-0.1, -0.05) is 42.5 Å². The predicted molar refractivity (Wildman–Crippen MR) is 153 cm³/mol. The van der Waals surface area contributed by atoms with Gasteiger partial charge in [0.15, 0.2) is 5.65 Å². The topological polar surface area (TPSA) is 126 Å². The Hall–Kier alpha value is -5.52. The lowest BCUT2D eigenvalue weighted by molar-refractivity contribution is -0.117. The van der Waals surface area contributed by atoms with Crippen LogP contribution in [0.15, 0.2) is 84.1 Å². The average molecular weight is 567 g/mol. The zero-order chi connectivity index (χ0) is 29.4. The van der Waals surface area contributed by atoms with E-state index in [2.05, 4.69) is 36.0 Å². The van der Waals surface area contributed by atoms with Crippen molar-refractivity contribution in [3.8, 4) is 11.3 Å². The molecule has 0 unspecified atom stereocenters. The lowest BCUT2D eigenvalue weighted by Crippen LogP contribution is -2.42. The van der Waals surface area contributed by atoms with Crippen molar-refractivity contribution in [2.24, 2.45) is 4.99 Å². The summed E-state index contributed by atoms with van der Waals surface area (Å²) in [5.41, 5.74) is 1.20. The minimum absolute atomic E-state index is 0.0233. The van der Waals surface area contributed by atoms with Crippen molar-refractivity contribution >= 4 is 34.7 Å². The van der Waals surface area contributed by atoms with Gasteiger partial charge in [-0.15, -0.1) is 0 Å². The Bertz CT molecular complexity index is 1870. The van der Waals surface area contributed by atoms with E-state index in [0.717, 1.165) is 0 Å². The van der Waals surface area contributed by atoms with Crippen molar-refractivity contribution in [1.82, 2.24) is 24.9 Å². The first-order valence-corrected chi connectivity index (χ1v) is 13.1. The van der Waals surface area contributed by atoms with Crippen LogP contribution in [0.3, 0.4) is 0 Å². The molecule has 0 spiro atoms. The predicted octanol–water partition coefficient (Wildman–Crippen LogP) is 4.44. The van der Waals surface area contributed by atoms with Crippen LogP contribution >= 0.6 is 0 Å². The number of nitrogens with one attached hydrogen (secondary N) is 3. The third-order valence-corrected chi connectivity index (χ3v) is 6.50. The Morgan fingerprint density at radius 2 is 1.81 bits per heavy atom. The smallest absolute Gasteiger partial charge is 0.269 e. The molecule has 1 aliphatic heterocycles. The van der Waals surface area contributed by atoms with Gasteiger partial charge < -0.3 is 16.0 Å². The molecule has 0 saturated carbocycles. The summed E-state index contributed by atoms with van der Waals surface area (Å²) in [5, 5.41) is 12.6. The minimum atomic E-state index is -1.47. The standard InChI is InChI=1S/C30H24F2N8O2/c1-16(2)34-21-13-12-19(26(32)35-21)25-22(28-33-14-7-15-40(28)39-25)29(41)38-27-30(42)37-24-18(10-6-11-20(24)31)23(36-27)17-8-4-3-5-9-17/h3-16,27H,1-2H3,(H,34,35)(H,37,42)(H,38,41)/t27-/m1/s1. The van der Waals surface area contributed by atoms with Gasteiger partial charge in [-0.05, 0) is 38.1 Å². The van der Waals surface area contributed by atoms with Crippen molar-refractivity contribution in [3.05, 3.63) is 108 Å². The van der Waals surface area contributed by atoms with Gasteiger partial charge in [0.2, 0.25) is 12.1 Å². The minimum Gasteiger partial charge on any atom is -0.368 e. The molecule has 210 valence electrons. The summed E-state index contributed by atoms with van der Waals surface area (Å²) >= 11 is 0. The van der Waals surface area contributed by atoms with E-state index in [1.807, 2.05) is 19.9 Å². The van der Waals surface area contributed by atoms with Crippen LogP contribution in [0.25, 0.3) is 16.9 Å². The highest BCUT2D eigenvalue weighted by atomic mass is 19.1. The fourth-order valence-electron chi connectivity index (χ4n) is 4.69. The second-order valence-electron chi connectivity index (χ2n) is 9.82. The van der Waals surface area contributed by atoms with Gasteiger partial charge in [-0.25, -0.2) is 23.9 Å². The van der Waals surface area contributed by atoms with Crippen LogP contribution in [0, 0.1) is 11.8 Å². The van der Waals surface area contributed by atoms with Crippen LogP contribution in [0.4, 0.5) is 20.3 Å². The Kier molecular flexibility index (Phi) is 6.87. The molecule has 0 radical (unpaired) electrons. The van der Waals surface area contributed by atoms with Crippen LogP contribution in [-0.2, 0) is 4.79 Å². The number of amides is 2. The number of nitrogens with zero attached hydrogens (tertiary/aromatic N) is 5. The largest absolute Gasteiger partial charge is 0.368 e. The maximum atomic E-state index is 15.3. The first-order valence-electron chi connectivity index (χ1n) is 13.1. The number of carbonyl (C=O) groups is 2. The highest BCUT2D eigenvalue weighted by Crippen LogP contribution is 2.30. The number of hydrogen-bond acceptors (Lipinski definition) is 7. The number of carbonyl (C=O) groups excluding carboxylic acids is 2. The second-order valence-corrected chi connectivity index (χ2v) is 9.82. The van der Waals surface area contributed by atoms with E-state index in [1.165, 1.54) is 28.9 Å². The number of aliphatic imine (C=N–C) groups is 1. The van der Waals surface area contributed by atoms with E-state index >= 15 is 4.39 Å². The molecule has 0 saturated heterocycles. The number of fused-ring (bicyclic) bond motifs is 2. The summed E-state index contributed by atoms with van der Waals surface area (Å²) in [6.45, 7) is 3.79. The fourth-order valence-corrected chi connectivity index (χ4v) is 4.69. The molecule has 0 bridgehead atoms. The van der Waals surface area contributed by atoms with Gasteiger partial charge in [0.05, 0.1) is 17.0 Å². The van der Waals surface area contributed by atoms with Gasteiger partial charge in [-0.2, -0.15) is 9.49 Å². The Labute approximate surface area is 238 Å². The molecule has 1 aliphatic rings. The SMILES string of the molecule is CC(C)Nc1ccc(-c2nn3cccnc3c2C(=O)N[C@H]2N=C(c3ccccc3)c3cccc(F)c3NC2=O)c(F)n1. The number of benzodiazepines with no additional fused rings is 1. The van der Waals surface area contributed by atoms with Crippen LogP contribution in [0.1, 0.15) is 35.3 Å². The highest BCUT2D eigenvalue weighted by molar-refractivity contribution is 6.20. The molecule has 12 heteroatoms. The first kappa shape index (κ1) is 26.7. The van der Waals surface area contributed by atoms with Crippen molar-refractivity contribution in [2.75, 3.05) is 10.6 Å². The second kappa shape index (κ2) is 10.8. The maximum absolute atomic E-state index is 15.3. The number of rotatable bonds is 6. The summed E-state index contributed by atoms with van der Waals surface area (Å²) in [5.74, 6) is -2.72. The third kappa shape index (κ3) is 4.94. The summed E-state index contributed by atoms with van der Waals surface area (Å²) < 4.78 is 31.5. The van der Waals surface area contributed by atoms with E-state index in [9.17, 15) is 14.0 Å². The summed E-state index contributed by atoms with van der Waals surface area (Å²) in [7, 11) is 0. The van der Waals surface area contributed by atoms with Crippen LogP contribution in [0.5, 0.6) is 0 Å². The molecule has 2 amide bonds. The van der Waals surface area contributed by atoms with Crippen molar-refractivity contribution in [3.63, 3.8) is 0 Å². The quantitative estimate of drug-likeness (QED) is 0.261. The molecule has 1 atom stereocenters. The zero-order valence-electron chi connectivity index (χ0n) is 22.5. The maximum Gasteiger partial charge on any atom is 0.269 e. The van der Waals surface area contributed by atoms with E-state index in [4.69, 9.17) is 0 Å². The number of pyridine rings is 1. The zero-order valence-corrected chi connectivity index (χ0v) is 22.5. The number of halogens is 2. The molecule has 5 aromatic rings. The summed E-state index contributed by atoms with van der Waals surface area (Å²) in [4.78, 5) is 40.0. The molecule has 0 fully saturated rings. The molecular weight excluding hydrogens is 542 g/mol. The summed E-state index contributed by atoms with van der Waals surface area (Å²) in [6, 6.07) is 18.0. The van der Waals surface area contributed by atoms with Crippen molar-refractivity contribution in [2.45, 2.75) is 26.1 Å². The molecule has 3 aromatic heterocycles. The number of benzene rings is 2. The molecule has 4 heterocycles. The van der Waals surface area contributed by atoms with E-state index < -0.39 is 29.7 Å². The lowest BCUT2D eigenvalue weighted by Gasteiger charge is -2.14. The van der Waals surface area contributed by atoms with Gasteiger partial charge in [0.25, 0.3) is 11.8 Å². The van der Waals surface area contributed by atoms with E-state index in [0.29, 0.717) is 22.7 Å². The number of hydrogen-bond donors (Lipinski definition) is 3. The van der Waals surface area contributed by atoms with Crippen molar-refractivity contribution < 1.29 is 18.4 Å². The average Bonchev–Trinajstić information content (AvgIpc) is 3.29. The molecule has 0 aliphatic carbocycles. The van der Waals surface area contributed by atoms with Crippen LogP contribution < -0.4 is 16.0 Å². The van der Waals surface area contributed by atoms with E-state index in [1.54, 1.807) is 48.7 Å². The number of para-hydroxylation sites is 1. The van der Waals surface area contributed by atoms with Crippen LogP contribution in [0.2, 0.25) is 0 Å². The number of aromatic nitrogens is 4. The van der Waals surface area contributed by atoms with Gasteiger partial charge in [0, 0.05) is 29.6 Å². The van der Waals surface area contributed by atoms with Crippen LogP contribution in [-0.4, -0.2) is 49.3 Å². The molecule has 2 aromatic carbocycles. The van der Waals surface area contributed by atoms with E-state index in [-0.39, 0.29) is 34.2 Å². The molecule has 6 rings (SSSR count). The monoisotopic (exact) mass is 566 g/mol. The normalized spacial score (nSPS) is 14.6. The molecular formula is C30H24F2N8O2. The fraction of sp³-hybridized carbons (Fsp3) is 0.133.